The Bertz CT molecular complexity index is 342. The minimum absolute atomic E-state index is 0.0498. The minimum atomic E-state index is 0.0498. The minimum Gasteiger partial charge on any atom is -0.392 e. The van der Waals surface area contributed by atoms with E-state index in [1.807, 2.05) is 18.2 Å². The maximum Gasteiger partial charge on any atom is 0.0693 e. The Labute approximate surface area is 113 Å². The van der Waals surface area contributed by atoms with Crippen LogP contribution in [0.1, 0.15) is 19.4 Å². The second-order valence-corrected chi connectivity index (χ2v) is 5.36. The number of benzene rings is 1. The zero-order valence-electron chi connectivity index (χ0n) is 10.4. The Hall–Kier alpha value is -0.220. The Morgan fingerprint density at radius 2 is 2.00 bits per heavy atom. The highest BCUT2D eigenvalue weighted by atomic mass is 35.5. The van der Waals surface area contributed by atoms with Crippen LogP contribution in [-0.2, 0) is 6.61 Å². The molecule has 1 N–H and O–H groups in total. The van der Waals surface area contributed by atoms with E-state index in [4.69, 9.17) is 11.6 Å². The summed E-state index contributed by atoms with van der Waals surface area (Å²) in [5.41, 5.74) is 0.919. The van der Waals surface area contributed by atoms with E-state index < -0.39 is 0 Å². The van der Waals surface area contributed by atoms with E-state index in [9.17, 15) is 5.11 Å². The van der Waals surface area contributed by atoms with E-state index in [1.54, 1.807) is 11.8 Å². The highest BCUT2D eigenvalue weighted by Gasteiger charge is 2.04. The van der Waals surface area contributed by atoms with Crippen LogP contribution in [0.4, 0.5) is 0 Å². The molecule has 0 spiro atoms. The van der Waals surface area contributed by atoms with E-state index in [0.29, 0.717) is 5.02 Å². The SMILES string of the molecule is CCN(CC)CCSc1ccc(Cl)cc1CO. The summed E-state index contributed by atoms with van der Waals surface area (Å²) in [7, 11) is 0. The molecule has 1 aromatic carbocycles. The molecular weight excluding hydrogens is 254 g/mol. The molecule has 0 saturated carbocycles. The summed E-state index contributed by atoms with van der Waals surface area (Å²) >= 11 is 7.68. The molecule has 0 aromatic heterocycles. The molecule has 0 unspecified atom stereocenters. The van der Waals surface area contributed by atoms with Gasteiger partial charge in [0.1, 0.15) is 0 Å². The van der Waals surface area contributed by atoms with Gasteiger partial charge in [0.15, 0.2) is 0 Å². The maximum atomic E-state index is 9.26. The Morgan fingerprint density at radius 3 is 2.59 bits per heavy atom. The summed E-state index contributed by atoms with van der Waals surface area (Å²) in [6, 6.07) is 5.70. The molecule has 0 amide bonds. The standard InChI is InChI=1S/C13H20ClNOS/c1-3-15(4-2)7-8-17-13-6-5-12(14)9-11(13)10-16/h5-6,9,16H,3-4,7-8,10H2,1-2H3. The van der Waals surface area contributed by atoms with E-state index >= 15 is 0 Å². The summed E-state index contributed by atoms with van der Waals surface area (Å²) < 4.78 is 0. The summed E-state index contributed by atoms with van der Waals surface area (Å²) in [5.74, 6) is 1.04. The predicted molar refractivity (Wildman–Crippen MR) is 75.9 cm³/mol. The van der Waals surface area contributed by atoms with Crippen molar-refractivity contribution in [1.29, 1.82) is 0 Å². The van der Waals surface area contributed by atoms with Crippen LogP contribution in [0.2, 0.25) is 5.02 Å². The third-order valence-electron chi connectivity index (χ3n) is 2.75. The van der Waals surface area contributed by atoms with Crippen molar-refractivity contribution in [1.82, 2.24) is 4.90 Å². The Balaban J connectivity index is 2.51. The third-order valence-corrected chi connectivity index (χ3v) is 4.08. The van der Waals surface area contributed by atoms with Crippen LogP contribution in [0, 0.1) is 0 Å². The van der Waals surface area contributed by atoms with Gasteiger partial charge in [0.25, 0.3) is 0 Å². The number of halogens is 1. The van der Waals surface area contributed by atoms with Crippen molar-refractivity contribution < 1.29 is 5.11 Å². The summed E-state index contributed by atoms with van der Waals surface area (Å²) in [6.07, 6.45) is 0. The lowest BCUT2D eigenvalue weighted by molar-refractivity contribution is 0.279. The molecule has 0 fully saturated rings. The van der Waals surface area contributed by atoms with Crippen LogP contribution in [0.5, 0.6) is 0 Å². The highest BCUT2D eigenvalue weighted by Crippen LogP contribution is 2.25. The van der Waals surface area contributed by atoms with Crippen LogP contribution < -0.4 is 0 Å². The molecule has 0 aliphatic carbocycles. The van der Waals surface area contributed by atoms with Gasteiger partial charge >= 0.3 is 0 Å². The monoisotopic (exact) mass is 273 g/mol. The molecule has 17 heavy (non-hydrogen) atoms. The number of hydrogen-bond acceptors (Lipinski definition) is 3. The molecule has 0 aliphatic rings. The molecule has 1 rings (SSSR count). The molecule has 0 radical (unpaired) electrons. The van der Waals surface area contributed by atoms with Crippen molar-refractivity contribution in [2.75, 3.05) is 25.4 Å². The lowest BCUT2D eigenvalue weighted by atomic mass is 10.2. The molecule has 0 atom stereocenters. The lowest BCUT2D eigenvalue weighted by Gasteiger charge is -2.17. The van der Waals surface area contributed by atoms with Crippen molar-refractivity contribution in [3.8, 4) is 0 Å². The number of hydrogen-bond donors (Lipinski definition) is 1. The second-order valence-electron chi connectivity index (χ2n) is 3.79. The first-order valence-electron chi connectivity index (χ1n) is 5.95. The number of thioether (sulfide) groups is 1. The van der Waals surface area contributed by atoms with Gasteiger partial charge in [0.05, 0.1) is 6.61 Å². The van der Waals surface area contributed by atoms with E-state index in [-0.39, 0.29) is 6.61 Å². The average Bonchev–Trinajstić information content (AvgIpc) is 2.36. The Kier molecular flexibility index (Phi) is 6.97. The molecule has 4 heteroatoms. The number of nitrogens with zero attached hydrogens (tertiary/aromatic N) is 1. The normalized spacial score (nSPS) is 11.1. The van der Waals surface area contributed by atoms with Gasteiger partial charge in [0.2, 0.25) is 0 Å². The molecule has 1 aromatic rings. The van der Waals surface area contributed by atoms with Gasteiger partial charge in [-0.05, 0) is 36.9 Å². The van der Waals surface area contributed by atoms with Gasteiger partial charge in [0, 0.05) is 22.2 Å². The molecule has 2 nitrogen and oxygen atoms in total. The van der Waals surface area contributed by atoms with Crippen molar-refractivity contribution in [3.63, 3.8) is 0 Å². The molecule has 0 saturated heterocycles. The molecule has 0 aliphatic heterocycles. The number of aliphatic hydroxyl groups excluding tert-OH is 1. The van der Waals surface area contributed by atoms with Gasteiger partial charge in [-0.15, -0.1) is 11.8 Å². The van der Waals surface area contributed by atoms with Crippen molar-refractivity contribution in [2.45, 2.75) is 25.3 Å². The second kappa shape index (κ2) is 7.98. The first kappa shape index (κ1) is 14.8. The summed E-state index contributed by atoms with van der Waals surface area (Å²) in [4.78, 5) is 3.52. The van der Waals surface area contributed by atoms with Crippen LogP contribution in [0.25, 0.3) is 0 Å². The average molecular weight is 274 g/mol. The zero-order chi connectivity index (χ0) is 12.7. The summed E-state index contributed by atoms with van der Waals surface area (Å²) in [5, 5.41) is 9.94. The molecular formula is C13H20ClNOS. The molecule has 0 heterocycles. The van der Waals surface area contributed by atoms with Gasteiger partial charge in [-0.3, -0.25) is 0 Å². The fraction of sp³-hybridized carbons (Fsp3) is 0.538. The van der Waals surface area contributed by atoms with Gasteiger partial charge < -0.3 is 10.0 Å². The van der Waals surface area contributed by atoms with E-state index in [0.717, 1.165) is 35.8 Å². The summed E-state index contributed by atoms with van der Waals surface area (Å²) in [6.45, 7) is 7.65. The third kappa shape index (κ3) is 4.88. The van der Waals surface area contributed by atoms with E-state index in [2.05, 4.69) is 18.7 Å². The van der Waals surface area contributed by atoms with Crippen molar-refractivity contribution in [2.24, 2.45) is 0 Å². The number of rotatable bonds is 7. The first-order chi connectivity index (χ1) is 8.21. The molecule has 0 bridgehead atoms. The van der Waals surface area contributed by atoms with E-state index in [1.165, 1.54) is 0 Å². The van der Waals surface area contributed by atoms with Crippen LogP contribution in [0.15, 0.2) is 23.1 Å². The number of aliphatic hydroxyl groups is 1. The Morgan fingerprint density at radius 1 is 1.29 bits per heavy atom. The lowest BCUT2D eigenvalue weighted by Crippen LogP contribution is -2.25. The van der Waals surface area contributed by atoms with Gasteiger partial charge in [-0.1, -0.05) is 25.4 Å². The fourth-order valence-electron chi connectivity index (χ4n) is 1.64. The van der Waals surface area contributed by atoms with Crippen molar-refractivity contribution >= 4 is 23.4 Å². The smallest absolute Gasteiger partial charge is 0.0693 e. The predicted octanol–water partition coefficient (Wildman–Crippen LogP) is 3.27. The fourth-order valence-corrected chi connectivity index (χ4v) is 2.87. The topological polar surface area (TPSA) is 23.5 Å². The van der Waals surface area contributed by atoms with Gasteiger partial charge in [-0.2, -0.15) is 0 Å². The quantitative estimate of drug-likeness (QED) is 0.772. The van der Waals surface area contributed by atoms with Crippen LogP contribution in [-0.4, -0.2) is 35.4 Å². The largest absolute Gasteiger partial charge is 0.392 e. The zero-order valence-corrected chi connectivity index (χ0v) is 12.0. The first-order valence-corrected chi connectivity index (χ1v) is 7.32. The van der Waals surface area contributed by atoms with Gasteiger partial charge in [-0.25, -0.2) is 0 Å². The highest BCUT2D eigenvalue weighted by molar-refractivity contribution is 7.99. The van der Waals surface area contributed by atoms with Crippen LogP contribution >= 0.6 is 23.4 Å². The molecule has 96 valence electrons. The van der Waals surface area contributed by atoms with Crippen molar-refractivity contribution in [3.05, 3.63) is 28.8 Å². The van der Waals surface area contributed by atoms with Crippen LogP contribution in [0.3, 0.4) is 0 Å². The maximum absolute atomic E-state index is 9.26.